The molecule has 17 heavy (non-hydrogen) atoms. The second-order valence-electron chi connectivity index (χ2n) is 3.82. The quantitative estimate of drug-likeness (QED) is 0.470. The van der Waals surface area contributed by atoms with Gasteiger partial charge in [0.25, 0.3) is 0 Å². The van der Waals surface area contributed by atoms with Crippen LogP contribution in [0.2, 0.25) is 0 Å². The zero-order valence-corrected chi connectivity index (χ0v) is 9.01. The van der Waals surface area contributed by atoms with Crippen LogP contribution in [0.5, 0.6) is 5.75 Å². The molecule has 0 spiro atoms. The summed E-state index contributed by atoms with van der Waals surface area (Å²) in [5.74, 6) is -0.721. The van der Waals surface area contributed by atoms with Crippen LogP contribution in [0.3, 0.4) is 0 Å². The van der Waals surface area contributed by atoms with Gasteiger partial charge in [-0.05, 0) is 12.1 Å². The van der Waals surface area contributed by atoms with Crippen molar-refractivity contribution in [3.05, 3.63) is 29.8 Å². The van der Waals surface area contributed by atoms with Crippen molar-refractivity contribution in [3.8, 4) is 5.75 Å². The highest BCUT2D eigenvalue weighted by Gasteiger charge is 2.29. The van der Waals surface area contributed by atoms with Crippen LogP contribution in [-0.2, 0) is 9.59 Å². The molecule has 1 aromatic rings. The molecule has 1 aliphatic rings. The van der Waals surface area contributed by atoms with Crippen LogP contribution in [0.25, 0.3) is 0 Å². The van der Waals surface area contributed by atoms with Gasteiger partial charge in [0.2, 0.25) is 5.91 Å². The van der Waals surface area contributed by atoms with Gasteiger partial charge in [0.15, 0.2) is 0 Å². The van der Waals surface area contributed by atoms with Crippen LogP contribution in [0.4, 0.5) is 0 Å². The van der Waals surface area contributed by atoms with Crippen molar-refractivity contribution in [2.24, 2.45) is 5.92 Å². The van der Waals surface area contributed by atoms with Crippen LogP contribution in [0.15, 0.2) is 24.3 Å². The summed E-state index contributed by atoms with van der Waals surface area (Å²) in [5, 5.41) is 2.56. The summed E-state index contributed by atoms with van der Waals surface area (Å²) in [6.45, 7) is 0.311. The highest BCUT2D eigenvalue weighted by molar-refractivity contribution is 5.87. The van der Waals surface area contributed by atoms with Crippen molar-refractivity contribution in [1.82, 2.24) is 5.32 Å². The van der Waals surface area contributed by atoms with E-state index in [-0.39, 0.29) is 12.3 Å². The molecule has 1 aliphatic heterocycles. The van der Waals surface area contributed by atoms with E-state index in [2.05, 4.69) is 5.32 Å². The fraction of sp³-hybridized carbons (Fsp3) is 0.250. The number of esters is 1. The number of aldehydes is 1. The maximum Gasteiger partial charge on any atom is 0.316 e. The Kier molecular flexibility index (Phi) is 3.18. The van der Waals surface area contributed by atoms with Crippen molar-refractivity contribution < 1.29 is 19.1 Å². The molecule has 1 amide bonds. The summed E-state index contributed by atoms with van der Waals surface area (Å²) in [7, 11) is 0. The average Bonchev–Trinajstić information content (AvgIpc) is 2.76. The molecule has 2 rings (SSSR count). The van der Waals surface area contributed by atoms with E-state index in [1.54, 1.807) is 18.2 Å². The third-order valence-electron chi connectivity index (χ3n) is 2.52. The molecule has 1 saturated heterocycles. The lowest BCUT2D eigenvalue weighted by molar-refractivity contribution is -0.139. The first-order chi connectivity index (χ1) is 8.19. The molecule has 0 aromatic heterocycles. The lowest BCUT2D eigenvalue weighted by Gasteiger charge is -2.08. The van der Waals surface area contributed by atoms with E-state index in [9.17, 15) is 14.4 Å². The Hall–Kier alpha value is -2.17. The third-order valence-corrected chi connectivity index (χ3v) is 2.52. The van der Waals surface area contributed by atoms with Gasteiger partial charge in [-0.15, -0.1) is 0 Å². The summed E-state index contributed by atoms with van der Waals surface area (Å²) < 4.78 is 5.10. The predicted molar refractivity (Wildman–Crippen MR) is 58.6 cm³/mol. The number of carbonyl (C=O) groups excluding carboxylic acids is 3. The van der Waals surface area contributed by atoms with Gasteiger partial charge in [-0.3, -0.25) is 14.4 Å². The van der Waals surface area contributed by atoms with Crippen LogP contribution in [0.1, 0.15) is 16.8 Å². The van der Waals surface area contributed by atoms with E-state index in [1.807, 2.05) is 0 Å². The normalized spacial score (nSPS) is 18.6. The largest absolute Gasteiger partial charge is 0.426 e. The zero-order chi connectivity index (χ0) is 12.3. The van der Waals surface area contributed by atoms with Crippen molar-refractivity contribution in [2.45, 2.75) is 6.42 Å². The Morgan fingerprint density at radius 1 is 1.47 bits per heavy atom. The monoisotopic (exact) mass is 233 g/mol. The Balaban J connectivity index is 2.02. The molecule has 88 valence electrons. The van der Waals surface area contributed by atoms with Gasteiger partial charge in [0, 0.05) is 18.5 Å². The molecular weight excluding hydrogens is 222 g/mol. The van der Waals surface area contributed by atoms with Crippen LogP contribution < -0.4 is 10.1 Å². The lowest BCUT2D eigenvalue weighted by Crippen LogP contribution is -2.22. The highest BCUT2D eigenvalue weighted by Crippen LogP contribution is 2.16. The van der Waals surface area contributed by atoms with Gasteiger partial charge >= 0.3 is 5.97 Å². The van der Waals surface area contributed by atoms with Crippen molar-refractivity contribution in [1.29, 1.82) is 0 Å². The van der Waals surface area contributed by atoms with Crippen LogP contribution >= 0.6 is 0 Å². The molecule has 0 radical (unpaired) electrons. The van der Waals surface area contributed by atoms with Gasteiger partial charge in [-0.2, -0.15) is 0 Å². The summed E-state index contributed by atoms with van der Waals surface area (Å²) >= 11 is 0. The maximum atomic E-state index is 11.7. The zero-order valence-electron chi connectivity index (χ0n) is 9.01. The molecule has 0 bridgehead atoms. The Morgan fingerprint density at radius 2 is 2.29 bits per heavy atom. The van der Waals surface area contributed by atoms with E-state index < -0.39 is 11.9 Å². The Bertz CT molecular complexity index is 469. The van der Waals surface area contributed by atoms with Crippen LogP contribution in [-0.4, -0.2) is 24.7 Å². The first kappa shape index (κ1) is 11.3. The predicted octanol–water partition coefficient (Wildman–Crippen LogP) is 0.541. The highest BCUT2D eigenvalue weighted by atomic mass is 16.5. The summed E-state index contributed by atoms with van der Waals surface area (Å²) in [4.78, 5) is 33.2. The average molecular weight is 233 g/mol. The minimum atomic E-state index is -0.452. The number of rotatable bonds is 3. The number of hydrogen-bond donors (Lipinski definition) is 1. The van der Waals surface area contributed by atoms with E-state index in [0.717, 1.165) is 0 Å². The lowest BCUT2D eigenvalue weighted by atomic mass is 10.1. The second kappa shape index (κ2) is 4.78. The smallest absolute Gasteiger partial charge is 0.316 e. The summed E-state index contributed by atoms with van der Waals surface area (Å²) in [5.41, 5.74) is 0.441. The van der Waals surface area contributed by atoms with E-state index in [0.29, 0.717) is 24.1 Å². The third kappa shape index (κ3) is 2.69. The summed E-state index contributed by atoms with van der Waals surface area (Å²) in [6.07, 6.45) is 0.837. The van der Waals surface area contributed by atoms with Crippen LogP contribution in [0, 0.1) is 5.92 Å². The topological polar surface area (TPSA) is 72.5 Å². The van der Waals surface area contributed by atoms with Crippen molar-refractivity contribution in [2.75, 3.05) is 6.54 Å². The maximum absolute atomic E-state index is 11.7. The minimum absolute atomic E-state index is 0.145. The molecule has 5 heteroatoms. The molecule has 0 saturated carbocycles. The molecule has 1 aromatic carbocycles. The number of nitrogens with one attached hydrogen (secondary N) is 1. The fourth-order valence-corrected chi connectivity index (χ4v) is 1.62. The molecule has 1 atom stereocenters. The number of ether oxygens (including phenoxy) is 1. The molecule has 0 aliphatic carbocycles. The minimum Gasteiger partial charge on any atom is -0.426 e. The van der Waals surface area contributed by atoms with E-state index in [1.165, 1.54) is 6.07 Å². The SMILES string of the molecule is O=Cc1cccc(OC(=O)C2CNC(=O)C2)c1. The molecule has 1 heterocycles. The Labute approximate surface area is 97.8 Å². The number of benzene rings is 1. The van der Waals surface area contributed by atoms with E-state index >= 15 is 0 Å². The van der Waals surface area contributed by atoms with Gasteiger partial charge in [-0.1, -0.05) is 12.1 Å². The summed E-state index contributed by atoms with van der Waals surface area (Å²) in [6, 6.07) is 6.32. The molecule has 1 fully saturated rings. The number of amides is 1. The van der Waals surface area contributed by atoms with Gasteiger partial charge < -0.3 is 10.1 Å². The second-order valence-corrected chi connectivity index (χ2v) is 3.82. The molecular formula is C12H11NO4. The Morgan fingerprint density at radius 3 is 2.94 bits per heavy atom. The van der Waals surface area contributed by atoms with E-state index in [4.69, 9.17) is 4.74 Å². The first-order valence-corrected chi connectivity index (χ1v) is 5.22. The van der Waals surface area contributed by atoms with Crippen molar-refractivity contribution in [3.63, 3.8) is 0 Å². The first-order valence-electron chi connectivity index (χ1n) is 5.22. The van der Waals surface area contributed by atoms with Gasteiger partial charge in [0.05, 0.1) is 5.92 Å². The number of carbonyl (C=O) groups is 3. The molecule has 5 nitrogen and oxygen atoms in total. The molecule has 1 N–H and O–H groups in total. The number of hydrogen-bond acceptors (Lipinski definition) is 4. The van der Waals surface area contributed by atoms with Gasteiger partial charge in [0.1, 0.15) is 12.0 Å². The van der Waals surface area contributed by atoms with Crippen molar-refractivity contribution >= 4 is 18.2 Å². The standard InChI is InChI=1S/C12H11NO4/c14-7-8-2-1-3-10(4-8)17-12(16)9-5-11(15)13-6-9/h1-4,7,9H,5-6H2,(H,13,15). The fourth-order valence-electron chi connectivity index (χ4n) is 1.62. The molecule has 1 unspecified atom stereocenters. The van der Waals surface area contributed by atoms with Gasteiger partial charge in [-0.25, -0.2) is 0 Å².